The molecule has 0 atom stereocenters. The SMILES string of the molecule is COc1ccc(C(C)C)cc1C1(CN)CCCC1. The molecule has 0 aromatic heterocycles. The third-order valence-corrected chi connectivity index (χ3v) is 4.41. The topological polar surface area (TPSA) is 35.2 Å². The Morgan fingerprint density at radius 2 is 1.94 bits per heavy atom. The van der Waals surface area contributed by atoms with E-state index in [1.165, 1.54) is 36.8 Å². The summed E-state index contributed by atoms with van der Waals surface area (Å²) in [6.45, 7) is 5.19. The third-order valence-electron chi connectivity index (χ3n) is 4.41. The monoisotopic (exact) mass is 247 g/mol. The van der Waals surface area contributed by atoms with Gasteiger partial charge >= 0.3 is 0 Å². The zero-order chi connectivity index (χ0) is 13.2. The molecule has 1 fully saturated rings. The average Bonchev–Trinajstić information content (AvgIpc) is 2.87. The lowest BCUT2D eigenvalue weighted by Gasteiger charge is -2.30. The Hall–Kier alpha value is -1.02. The summed E-state index contributed by atoms with van der Waals surface area (Å²) < 4.78 is 5.56. The smallest absolute Gasteiger partial charge is 0.122 e. The van der Waals surface area contributed by atoms with E-state index < -0.39 is 0 Å². The van der Waals surface area contributed by atoms with Gasteiger partial charge in [0.1, 0.15) is 5.75 Å². The quantitative estimate of drug-likeness (QED) is 0.882. The molecule has 0 unspecified atom stereocenters. The van der Waals surface area contributed by atoms with Crippen molar-refractivity contribution < 1.29 is 4.74 Å². The van der Waals surface area contributed by atoms with Gasteiger partial charge in [0.15, 0.2) is 0 Å². The van der Waals surface area contributed by atoms with E-state index in [9.17, 15) is 0 Å². The van der Waals surface area contributed by atoms with Crippen molar-refractivity contribution in [3.8, 4) is 5.75 Å². The van der Waals surface area contributed by atoms with Crippen molar-refractivity contribution in [1.29, 1.82) is 0 Å². The van der Waals surface area contributed by atoms with Crippen molar-refractivity contribution >= 4 is 0 Å². The number of hydrogen-bond acceptors (Lipinski definition) is 2. The molecule has 2 heteroatoms. The predicted octanol–water partition coefficient (Wildman–Crippen LogP) is 3.59. The van der Waals surface area contributed by atoms with Gasteiger partial charge in [-0.3, -0.25) is 0 Å². The lowest BCUT2D eigenvalue weighted by molar-refractivity contribution is 0.377. The Labute approximate surface area is 111 Å². The van der Waals surface area contributed by atoms with Crippen molar-refractivity contribution in [2.45, 2.75) is 50.9 Å². The minimum absolute atomic E-state index is 0.149. The molecule has 0 radical (unpaired) electrons. The Kier molecular flexibility index (Phi) is 3.96. The van der Waals surface area contributed by atoms with Crippen LogP contribution in [0.3, 0.4) is 0 Å². The maximum atomic E-state index is 6.10. The highest BCUT2D eigenvalue weighted by Gasteiger charge is 2.36. The molecule has 1 aromatic carbocycles. The van der Waals surface area contributed by atoms with Crippen LogP contribution in [-0.2, 0) is 5.41 Å². The Bertz CT molecular complexity index is 406. The van der Waals surface area contributed by atoms with E-state index in [0.29, 0.717) is 5.92 Å². The van der Waals surface area contributed by atoms with Crippen LogP contribution in [0.1, 0.15) is 56.6 Å². The molecule has 2 rings (SSSR count). The van der Waals surface area contributed by atoms with Gasteiger partial charge in [0.25, 0.3) is 0 Å². The second-order valence-corrected chi connectivity index (χ2v) is 5.81. The fourth-order valence-electron chi connectivity index (χ4n) is 3.13. The highest BCUT2D eigenvalue weighted by Crippen LogP contribution is 2.44. The van der Waals surface area contributed by atoms with Crippen LogP contribution in [-0.4, -0.2) is 13.7 Å². The molecule has 0 saturated heterocycles. The van der Waals surface area contributed by atoms with E-state index in [1.54, 1.807) is 7.11 Å². The van der Waals surface area contributed by atoms with Gasteiger partial charge < -0.3 is 10.5 Å². The Balaban J connectivity index is 2.48. The maximum absolute atomic E-state index is 6.10. The normalized spacial score (nSPS) is 18.3. The van der Waals surface area contributed by atoms with Gasteiger partial charge in [0.05, 0.1) is 7.11 Å². The lowest BCUT2D eigenvalue weighted by Crippen LogP contribution is -2.32. The third kappa shape index (κ3) is 2.26. The minimum Gasteiger partial charge on any atom is -0.496 e. The van der Waals surface area contributed by atoms with Gasteiger partial charge in [-0.05, 0) is 30.4 Å². The van der Waals surface area contributed by atoms with E-state index in [2.05, 4.69) is 32.0 Å². The molecule has 1 aliphatic carbocycles. The molecular formula is C16H25NO. The summed E-state index contributed by atoms with van der Waals surface area (Å²) in [4.78, 5) is 0. The number of nitrogens with two attached hydrogens (primary N) is 1. The number of hydrogen-bond donors (Lipinski definition) is 1. The molecule has 0 spiro atoms. The van der Waals surface area contributed by atoms with Crippen molar-refractivity contribution in [2.24, 2.45) is 5.73 Å². The van der Waals surface area contributed by atoms with Crippen LogP contribution in [0.2, 0.25) is 0 Å². The van der Waals surface area contributed by atoms with Crippen LogP contribution < -0.4 is 10.5 Å². The zero-order valence-electron chi connectivity index (χ0n) is 11.8. The first kappa shape index (κ1) is 13.4. The van der Waals surface area contributed by atoms with Crippen molar-refractivity contribution in [3.63, 3.8) is 0 Å². The largest absolute Gasteiger partial charge is 0.496 e. The van der Waals surface area contributed by atoms with Gasteiger partial charge in [0.2, 0.25) is 0 Å². The first-order chi connectivity index (χ1) is 8.63. The summed E-state index contributed by atoms with van der Waals surface area (Å²) >= 11 is 0. The van der Waals surface area contributed by atoms with Crippen LogP contribution in [0.25, 0.3) is 0 Å². The van der Waals surface area contributed by atoms with Crippen LogP contribution in [0.15, 0.2) is 18.2 Å². The number of rotatable bonds is 4. The van der Waals surface area contributed by atoms with Gasteiger partial charge in [-0.1, -0.05) is 38.8 Å². The molecule has 100 valence electrons. The van der Waals surface area contributed by atoms with E-state index in [4.69, 9.17) is 10.5 Å². The van der Waals surface area contributed by atoms with Crippen LogP contribution >= 0.6 is 0 Å². The molecule has 0 heterocycles. The van der Waals surface area contributed by atoms with Crippen LogP contribution in [0.5, 0.6) is 5.75 Å². The predicted molar refractivity (Wildman–Crippen MR) is 76.3 cm³/mol. The van der Waals surface area contributed by atoms with Gasteiger partial charge in [-0.25, -0.2) is 0 Å². The van der Waals surface area contributed by atoms with E-state index >= 15 is 0 Å². The second-order valence-electron chi connectivity index (χ2n) is 5.81. The summed E-state index contributed by atoms with van der Waals surface area (Å²) in [6.07, 6.45) is 4.96. The standard InChI is InChI=1S/C16H25NO/c1-12(2)13-6-7-15(18-3)14(10-13)16(11-17)8-4-5-9-16/h6-7,10,12H,4-5,8-9,11,17H2,1-3H3. The molecule has 18 heavy (non-hydrogen) atoms. The summed E-state index contributed by atoms with van der Waals surface area (Å²) in [5, 5.41) is 0. The highest BCUT2D eigenvalue weighted by atomic mass is 16.5. The molecular weight excluding hydrogens is 222 g/mol. The Morgan fingerprint density at radius 1 is 1.28 bits per heavy atom. The molecule has 0 bridgehead atoms. The fourth-order valence-corrected chi connectivity index (χ4v) is 3.13. The molecule has 1 saturated carbocycles. The number of ether oxygens (including phenoxy) is 1. The van der Waals surface area contributed by atoms with Crippen molar-refractivity contribution in [2.75, 3.05) is 13.7 Å². The van der Waals surface area contributed by atoms with Crippen LogP contribution in [0, 0.1) is 0 Å². The summed E-state index contributed by atoms with van der Waals surface area (Å²) in [7, 11) is 1.76. The summed E-state index contributed by atoms with van der Waals surface area (Å²) in [5.74, 6) is 1.55. The van der Waals surface area contributed by atoms with Crippen molar-refractivity contribution in [3.05, 3.63) is 29.3 Å². The van der Waals surface area contributed by atoms with Gasteiger partial charge in [0, 0.05) is 17.5 Å². The maximum Gasteiger partial charge on any atom is 0.122 e. The molecule has 0 aliphatic heterocycles. The summed E-state index contributed by atoms with van der Waals surface area (Å²) in [5.41, 5.74) is 8.95. The lowest BCUT2D eigenvalue weighted by atomic mass is 9.77. The van der Waals surface area contributed by atoms with E-state index in [-0.39, 0.29) is 5.41 Å². The Morgan fingerprint density at radius 3 is 2.44 bits per heavy atom. The summed E-state index contributed by atoms with van der Waals surface area (Å²) in [6, 6.07) is 6.61. The number of benzene rings is 1. The number of methoxy groups -OCH3 is 1. The molecule has 1 aromatic rings. The van der Waals surface area contributed by atoms with Gasteiger partial charge in [-0.2, -0.15) is 0 Å². The molecule has 2 nitrogen and oxygen atoms in total. The molecule has 1 aliphatic rings. The fraction of sp³-hybridized carbons (Fsp3) is 0.625. The first-order valence-corrected chi connectivity index (χ1v) is 7.01. The van der Waals surface area contributed by atoms with E-state index in [1.807, 2.05) is 0 Å². The van der Waals surface area contributed by atoms with E-state index in [0.717, 1.165) is 12.3 Å². The zero-order valence-corrected chi connectivity index (χ0v) is 11.8. The van der Waals surface area contributed by atoms with Crippen LogP contribution in [0.4, 0.5) is 0 Å². The highest BCUT2D eigenvalue weighted by molar-refractivity contribution is 5.44. The molecule has 2 N–H and O–H groups in total. The first-order valence-electron chi connectivity index (χ1n) is 7.01. The van der Waals surface area contributed by atoms with Gasteiger partial charge in [-0.15, -0.1) is 0 Å². The second kappa shape index (κ2) is 5.31. The molecule has 0 amide bonds. The average molecular weight is 247 g/mol. The minimum atomic E-state index is 0.149. The van der Waals surface area contributed by atoms with Crippen molar-refractivity contribution in [1.82, 2.24) is 0 Å².